The van der Waals surface area contributed by atoms with Crippen molar-refractivity contribution in [2.24, 2.45) is 7.05 Å². The highest BCUT2D eigenvalue weighted by Crippen LogP contribution is 2.38. The molecule has 0 radical (unpaired) electrons. The van der Waals surface area contributed by atoms with E-state index >= 15 is 0 Å². The molecule has 3 heterocycles. The van der Waals surface area contributed by atoms with Crippen molar-refractivity contribution in [1.29, 1.82) is 0 Å². The van der Waals surface area contributed by atoms with E-state index < -0.39 is 22.8 Å². The molecule has 1 aliphatic carbocycles. The summed E-state index contributed by atoms with van der Waals surface area (Å²) in [4.78, 5) is 29.0. The van der Waals surface area contributed by atoms with E-state index in [9.17, 15) is 24.9 Å². The van der Waals surface area contributed by atoms with E-state index in [1.54, 1.807) is 0 Å². The first kappa shape index (κ1) is 20.8. The quantitative estimate of drug-likeness (QED) is 0.500. The minimum absolute atomic E-state index is 0.199. The Kier molecular flexibility index (Phi) is 5.06. The first-order chi connectivity index (χ1) is 15.3. The highest BCUT2D eigenvalue weighted by atomic mass is 16.4. The summed E-state index contributed by atoms with van der Waals surface area (Å²) < 4.78 is 2.19. The van der Waals surface area contributed by atoms with Crippen molar-refractivity contribution < 1.29 is 20.1 Å². The SMILES string of the molecule is Cn1c(CN2CCC(O)CC2)cc2cc3c(cc21)CCCc1c-3[nH]c(=O)c(C(=O)O)c1O. The van der Waals surface area contributed by atoms with Gasteiger partial charge in [0.2, 0.25) is 0 Å². The number of nitrogens with one attached hydrogen (secondary N) is 1. The standard InChI is InChI=1S/C24H27N3O5/c1-26-15(12-27-7-5-16(28)6-8-27)9-14-10-18-13(11-19(14)26)3-2-4-17-21(18)25-23(30)20(22(17)29)24(31)32/h9-11,16,28H,2-8,12H2,1H3,(H,31,32)(H2,25,29,30). The molecule has 0 atom stereocenters. The Labute approximate surface area is 184 Å². The number of piperidine rings is 1. The molecule has 0 saturated carbocycles. The Bertz CT molecular complexity index is 1280. The van der Waals surface area contributed by atoms with E-state index in [-0.39, 0.29) is 6.10 Å². The lowest BCUT2D eigenvalue weighted by molar-refractivity contribution is 0.0691. The lowest BCUT2D eigenvalue weighted by Gasteiger charge is -2.29. The van der Waals surface area contributed by atoms with Crippen LogP contribution in [0.5, 0.6) is 5.75 Å². The van der Waals surface area contributed by atoms with Crippen LogP contribution in [0.1, 0.15) is 46.4 Å². The van der Waals surface area contributed by atoms with Crippen LogP contribution in [0.4, 0.5) is 0 Å². The number of aromatic amines is 1. The van der Waals surface area contributed by atoms with Gasteiger partial charge >= 0.3 is 5.97 Å². The number of aliphatic hydroxyl groups is 1. The normalized spacial score (nSPS) is 17.2. The third-order valence-corrected chi connectivity index (χ3v) is 6.96. The van der Waals surface area contributed by atoms with E-state index in [1.165, 1.54) is 5.69 Å². The number of carboxylic acids is 1. The van der Waals surface area contributed by atoms with Crippen molar-refractivity contribution in [2.75, 3.05) is 13.1 Å². The van der Waals surface area contributed by atoms with E-state index in [4.69, 9.17) is 0 Å². The molecular weight excluding hydrogens is 410 g/mol. The van der Waals surface area contributed by atoms with Gasteiger partial charge in [0.05, 0.1) is 11.8 Å². The van der Waals surface area contributed by atoms with Crippen molar-refractivity contribution >= 4 is 16.9 Å². The number of aryl methyl sites for hydroxylation is 2. The Morgan fingerprint density at radius 1 is 1.19 bits per heavy atom. The van der Waals surface area contributed by atoms with Crippen molar-refractivity contribution in [1.82, 2.24) is 14.5 Å². The molecule has 0 bridgehead atoms. The first-order valence-corrected chi connectivity index (χ1v) is 11.1. The third kappa shape index (κ3) is 3.40. The second-order valence-electron chi connectivity index (χ2n) is 8.96. The number of pyridine rings is 1. The number of aromatic nitrogens is 2. The van der Waals surface area contributed by atoms with Crippen LogP contribution in [0.15, 0.2) is 23.0 Å². The van der Waals surface area contributed by atoms with Crippen LogP contribution in [-0.2, 0) is 26.4 Å². The Hall–Kier alpha value is -3.10. The predicted molar refractivity (Wildman–Crippen MR) is 120 cm³/mol. The molecule has 1 fully saturated rings. The zero-order valence-electron chi connectivity index (χ0n) is 18.0. The van der Waals surface area contributed by atoms with Crippen LogP contribution in [-0.4, -0.2) is 54.9 Å². The average Bonchev–Trinajstić information content (AvgIpc) is 2.93. The second-order valence-corrected chi connectivity index (χ2v) is 8.96. The van der Waals surface area contributed by atoms with Crippen LogP contribution in [0.25, 0.3) is 22.2 Å². The monoisotopic (exact) mass is 437 g/mol. The number of hydrogen-bond acceptors (Lipinski definition) is 5. The van der Waals surface area contributed by atoms with E-state index in [2.05, 4.69) is 33.6 Å². The van der Waals surface area contributed by atoms with Crippen LogP contribution < -0.4 is 5.56 Å². The molecule has 4 N–H and O–H groups in total. The fourth-order valence-corrected chi connectivity index (χ4v) is 5.14. The Morgan fingerprint density at radius 3 is 2.66 bits per heavy atom. The lowest BCUT2D eigenvalue weighted by atomic mass is 9.98. The first-order valence-electron chi connectivity index (χ1n) is 11.1. The molecule has 3 aromatic rings. The van der Waals surface area contributed by atoms with Crippen LogP contribution >= 0.6 is 0 Å². The molecular formula is C24H27N3O5. The van der Waals surface area contributed by atoms with Crippen molar-refractivity contribution in [3.63, 3.8) is 0 Å². The number of H-pyrrole nitrogens is 1. The molecule has 0 spiro atoms. The van der Waals surface area contributed by atoms with Crippen LogP contribution in [0.2, 0.25) is 0 Å². The smallest absolute Gasteiger partial charge is 0.345 e. The number of likely N-dealkylation sites (tertiary alicyclic amines) is 1. The number of aromatic carboxylic acids is 1. The molecule has 168 valence electrons. The molecule has 5 rings (SSSR count). The fraction of sp³-hybridized carbons (Fsp3) is 0.417. The molecule has 2 aliphatic rings. The predicted octanol–water partition coefficient (Wildman–Crippen LogP) is 2.38. The summed E-state index contributed by atoms with van der Waals surface area (Å²) in [5.41, 5.74) is 3.81. The average molecular weight is 437 g/mol. The van der Waals surface area contributed by atoms with Gasteiger partial charge < -0.3 is 24.9 Å². The van der Waals surface area contributed by atoms with Crippen LogP contribution in [0, 0.1) is 0 Å². The van der Waals surface area contributed by atoms with Gasteiger partial charge in [-0.1, -0.05) is 0 Å². The molecule has 8 nitrogen and oxygen atoms in total. The van der Waals surface area contributed by atoms with E-state index in [0.29, 0.717) is 17.7 Å². The van der Waals surface area contributed by atoms with Gasteiger partial charge in [0, 0.05) is 54.4 Å². The van der Waals surface area contributed by atoms with Crippen molar-refractivity contribution in [3.05, 3.63) is 50.9 Å². The molecule has 2 aromatic heterocycles. The molecule has 0 unspecified atom stereocenters. The highest BCUT2D eigenvalue weighted by molar-refractivity contribution is 5.93. The summed E-state index contributed by atoms with van der Waals surface area (Å²) in [6, 6.07) is 6.33. The maximum atomic E-state index is 12.4. The lowest BCUT2D eigenvalue weighted by Crippen LogP contribution is -2.35. The fourth-order valence-electron chi connectivity index (χ4n) is 5.14. The van der Waals surface area contributed by atoms with Crippen LogP contribution in [0.3, 0.4) is 0 Å². The molecule has 8 heteroatoms. The third-order valence-electron chi connectivity index (χ3n) is 6.96. The summed E-state index contributed by atoms with van der Waals surface area (Å²) in [5, 5.41) is 30.7. The summed E-state index contributed by atoms with van der Waals surface area (Å²) in [7, 11) is 2.06. The van der Waals surface area contributed by atoms with Gasteiger partial charge in [-0.3, -0.25) is 9.69 Å². The maximum absolute atomic E-state index is 12.4. The summed E-state index contributed by atoms with van der Waals surface area (Å²) in [6.45, 7) is 2.55. The minimum atomic E-state index is -1.43. The van der Waals surface area contributed by atoms with Crippen molar-refractivity contribution in [3.8, 4) is 17.0 Å². The van der Waals surface area contributed by atoms with Gasteiger partial charge in [0.15, 0.2) is 5.56 Å². The molecule has 1 saturated heterocycles. The molecule has 32 heavy (non-hydrogen) atoms. The number of hydrogen-bond donors (Lipinski definition) is 4. The van der Waals surface area contributed by atoms with E-state index in [1.807, 2.05) is 6.07 Å². The topological polar surface area (TPSA) is 119 Å². The van der Waals surface area contributed by atoms with Gasteiger partial charge in [-0.15, -0.1) is 0 Å². The van der Waals surface area contributed by atoms with E-state index in [0.717, 1.165) is 67.3 Å². The largest absolute Gasteiger partial charge is 0.506 e. The number of aromatic hydroxyl groups is 1. The Balaban J connectivity index is 1.60. The molecule has 1 aromatic carbocycles. The number of fused-ring (bicyclic) bond motifs is 4. The zero-order chi connectivity index (χ0) is 22.6. The number of rotatable bonds is 3. The maximum Gasteiger partial charge on any atom is 0.345 e. The number of carboxylic acid groups (broad SMARTS) is 1. The second kappa shape index (κ2) is 7.79. The highest BCUT2D eigenvalue weighted by Gasteiger charge is 2.26. The van der Waals surface area contributed by atoms with Gasteiger partial charge in [0.1, 0.15) is 5.75 Å². The van der Waals surface area contributed by atoms with Gasteiger partial charge in [-0.25, -0.2) is 4.79 Å². The number of carbonyl (C=O) groups is 1. The summed E-state index contributed by atoms with van der Waals surface area (Å²) in [5.74, 6) is -1.85. The summed E-state index contributed by atoms with van der Waals surface area (Å²) in [6.07, 6.45) is 3.41. The zero-order valence-corrected chi connectivity index (χ0v) is 18.0. The van der Waals surface area contributed by atoms with Gasteiger partial charge in [-0.2, -0.15) is 0 Å². The minimum Gasteiger partial charge on any atom is -0.506 e. The van der Waals surface area contributed by atoms with Crippen molar-refractivity contribution in [2.45, 2.75) is 44.8 Å². The summed E-state index contributed by atoms with van der Waals surface area (Å²) >= 11 is 0. The number of benzene rings is 1. The Morgan fingerprint density at radius 2 is 1.94 bits per heavy atom. The molecule has 0 amide bonds. The van der Waals surface area contributed by atoms with Gasteiger partial charge in [0.25, 0.3) is 5.56 Å². The molecule has 1 aliphatic heterocycles. The van der Waals surface area contributed by atoms with Gasteiger partial charge in [-0.05, 0) is 55.9 Å². The number of aliphatic hydroxyl groups excluding tert-OH is 1. The number of nitrogens with zero attached hydrogens (tertiary/aromatic N) is 2.